The second-order valence-corrected chi connectivity index (χ2v) is 44.5. The summed E-state index contributed by atoms with van der Waals surface area (Å²) in [5.74, 6) is 0. The van der Waals surface area contributed by atoms with E-state index in [1.54, 1.807) is 0 Å². The molecule has 0 spiro atoms. The molecule has 9 rings (SSSR count). The van der Waals surface area contributed by atoms with Crippen LogP contribution in [0.4, 0.5) is 0 Å². The highest BCUT2D eigenvalue weighted by Gasteiger charge is 2.60. The first-order chi connectivity index (χ1) is 41.6. The number of epoxide rings is 1. The third-order valence-electron chi connectivity index (χ3n) is 17.7. The van der Waals surface area contributed by atoms with Gasteiger partial charge in [0.05, 0.1) is 26.4 Å². The van der Waals surface area contributed by atoms with E-state index in [1.165, 1.54) is 41.5 Å². The highest BCUT2D eigenvalue weighted by atomic mass is 28.4. The minimum absolute atomic E-state index is 0.0291. The van der Waals surface area contributed by atoms with Crippen LogP contribution < -0.4 is 41.5 Å². The number of hydrogen-bond acceptors (Lipinski definition) is 7. The Hall–Kier alpha value is -5.91. The SMILES string of the molecule is CC(C)(C)[Si](OCC/C(=C/CO)CO[Si](c1ccccc1)(c1ccccc1)C(C)(C)C)(c1ccccc1)c1ccccc1.CC(C)(C)[Si](OCC[C@]1(CO[Si](c2ccccc2)(c2ccccc2)C(C)(C)C)O[C@H]1CO)(c1ccccc1)c1ccccc1. The lowest BCUT2D eigenvalue weighted by Crippen LogP contribution is -2.67. The number of hydrogen-bond donors (Lipinski definition) is 2. The maximum atomic E-state index is 10.3. The van der Waals surface area contributed by atoms with Gasteiger partial charge in [-0.3, -0.25) is 0 Å². The zero-order valence-corrected chi connectivity index (χ0v) is 57.8. The molecule has 2 atom stereocenters. The molecule has 8 aromatic rings. The molecule has 0 bridgehead atoms. The molecule has 8 aromatic carbocycles. The fraction of sp³-hybridized carbons (Fsp3) is 0.342. The van der Waals surface area contributed by atoms with Gasteiger partial charge in [-0.15, -0.1) is 0 Å². The highest BCUT2D eigenvalue weighted by Crippen LogP contribution is 2.45. The first-order valence-corrected chi connectivity index (χ1v) is 38.8. The Kier molecular flexibility index (Phi) is 22.1. The molecule has 0 aromatic heterocycles. The molecule has 0 aliphatic carbocycles. The zero-order chi connectivity index (χ0) is 62.5. The topological polar surface area (TPSA) is 89.9 Å². The van der Waals surface area contributed by atoms with E-state index >= 15 is 0 Å². The van der Waals surface area contributed by atoms with E-state index in [9.17, 15) is 10.2 Å². The van der Waals surface area contributed by atoms with Gasteiger partial charge in [-0.2, -0.15) is 0 Å². The van der Waals surface area contributed by atoms with Crippen molar-refractivity contribution >= 4 is 74.8 Å². The maximum absolute atomic E-state index is 10.3. The van der Waals surface area contributed by atoms with Crippen LogP contribution in [0.25, 0.3) is 0 Å². The van der Waals surface area contributed by atoms with Crippen LogP contribution in [0.1, 0.15) is 95.9 Å². The predicted octanol–water partition coefficient (Wildman–Crippen LogP) is 12.1. The van der Waals surface area contributed by atoms with Crippen molar-refractivity contribution in [2.45, 2.75) is 128 Å². The molecule has 2 N–H and O–H groups in total. The maximum Gasteiger partial charge on any atom is 0.261 e. The van der Waals surface area contributed by atoms with Crippen LogP contribution in [-0.2, 0) is 22.4 Å². The van der Waals surface area contributed by atoms with E-state index in [-0.39, 0.29) is 39.5 Å². The van der Waals surface area contributed by atoms with Gasteiger partial charge in [0.25, 0.3) is 33.3 Å². The number of aliphatic hydroxyl groups excluding tert-OH is 2. The molecule has 0 amide bonds. The summed E-state index contributed by atoms with van der Waals surface area (Å²) < 4.78 is 35.3. The highest BCUT2D eigenvalue weighted by molar-refractivity contribution is 7.01. The van der Waals surface area contributed by atoms with Crippen molar-refractivity contribution in [2.75, 3.05) is 39.6 Å². The largest absolute Gasteiger partial charge is 0.407 e. The minimum atomic E-state index is -2.77. The first-order valence-electron chi connectivity index (χ1n) is 31.1. The molecule has 458 valence electrons. The van der Waals surface area contributed by atoms with Crippen LogP contribution in [0.2, 0.25) is 20.2 Å². The normalized spacial score (nSPS) is 16.2. The second-order valence-electron chi connectivity index (χ2n) is 27.3. The number of aliphatic hydroxyl groups is 2. The summed E-state index contributed by atoms with van der Waals surface area (Å²) in [6.45, 7) is 29.4. The van der Waals surface area contributed by atoms with Crippen LogP contribution in [-0.4, -0.2) is 94.8 Å². The van der Waals surface area contributed by atoms with E-state index in [1.807, 2.05) is 6.08 Å². The van der Waals surface area contributed by atoms with E-state index in [2.05, 4.69) is 326 Å². The van der Waals surface area contributed by atoms with Crippen molar-refractivity contribution in [2.24, 2.45) is 0 Å². The van der Waals surface area contributed by atoms with Gasteiger partial charge in [0.15, 0.2) is 0 Å². The van der Waals surface area contributed by atoms with Crippen molar-refractivity contribution in [1.29, 1.82) is 0 Å². The summed E-state index contributed by atoms with van der Waals surface area (Å²) in [7, 11) is -10.8. The molecular formula is C76H96O7Si4. The van der Waals surface area contributed by atoms with Gasteiger partial charge >= 0.3 is 0 Å². The standard InChI is InChI=1S/C38H48O4Si2.C38H48O3Si2/c1-36(2,3)43(31-19-11-7-12-20-31,32-21-13-8-14-22-32)40-28-27-38(35(29-39)42-38)30-41-44(37(4,5)6,33-23-15-9-16-24-33)34-25-17-10-18-26-34;1-37(2,3)42(33-19-11-7-12-20-33,34-21-13-8-14-22-34)40-30-28-32(27-29-39)31-41-43(38(4,5)6,35-23-15-9-16-24-35)36-25-17-10-18-26-36/h7-26,35,39H,27-30H2,1-6H3;7-27,39H,28-31H2,1-6H3/b;32-27-/t35-,38+;/m0./s1. The van der Waals surface area contributed by atoms with Gasteiger partial charge in [0.1, 0.15) is 11.7 Å². The van der Waals surface area contributed by atoms with Crippen LogP contribution >= 0.6 is 0 Å². The smallest absolute Gasteiger partial charge is 0.261 e. The first kappa shape index (κ1) is 67.0. The molecule has 11 heteroatoms. The fourth-order valence-corrected chi connectivity index (χ4v) is 31.7. The molecule has 1 fully saturated rings. The lowest BCUT2D eigenvalue weighted by atomic mass is 10.0. The summed E-state index contributed by atoms with van der Waals surface area (Å²) in [6.07, 6.45) is 2.96. The third-order valence-corrected chi connectivity index (χ3v) is 37.8. The predicted molar refractivity (Wildman–Crippen MR) is 373 cm³/mol. The Morgan fingerprint density at radius 1 is 0.379 bits per heavy atom. The Morgan fingerprint density at radius 2 is 0.632 bits per heavy atom. The molecule has 1 heterocycles. The Balaban J connectivity index is 0.000000226. The van der Waals surface area contributed by atoms with Gasteiger partial charge in [-0.05, 0) is 73.6 Å². The summed E-state index contributed by atoms with van der Waals surface area (Å²) in [5.41, 5.74) is 0.459. The van der Waals surface area contributed by atoms with E-state index in [4.69, 9.17) is 22.4 Å². The number of ether oxygens (including phenoxy) is 1. The summed E-state index contributed by atoms with van der Waals surface area (Å²) in [6, 6.07) is 85.7. The van der Waals surface area contributed by atoms with E-state index in [0.717, 1.165) is 5.57 Å². The van der Waals surface area contributed by atoms with Gasteiger partial charge < -0.3 is 32.7 Å². The summed E-state index contributed by atoms with van der Waals surface area (Å²) in [4.78, 5) is 0. The molecule has 1 saturated heterocycles. The fourth-order valence-electron chi connectivity index (χ4n) is 13.4. The Morgan fingerprint density at radius 3 is 0.874 bits per heavy atom. The van der Waals surface area contributed by atoms with Crippen molar-refractivity contribution < 1.29 is 32.7 Å². The van der Waals surface area contributed by atoms with Crippen molar-refractivity contribution in [1.82, 2.24) is 0 Å². The quantitative estimate of drug-likeness (QED) is 0.0354. The van der Waals surface area contributed by atoms with Gasteiger partial charge in [-0.25, -0.2) is 0 Å². The molecule has 87 heavy (non-hydrogen) atoms. The van der Waals surface area contributed by atoms with Crippen LogP contribution in [0.5, 0.6) is 0 Å². The van der Waals surface area contributed by atoms with Crippen molar-refractivity contribution in [3.05, 3.63) is 254 Å². The second kappa shape index (κ2) is 28.7. The summed E-state index contributed by atoms with van der Waals surface area (Å²) in [5, 5.41) is 29.9. The van der Waals surface area contributed by atoms with E-state index in [0.29, 0.717) is 39.3 Å². The van der Waals surface area contributed by atoms with Crippen LogP contribution in [0, 0.1) is 0 Å². The number of rotatable bonds is 24. The molecule has 7 nitrogen and oxygen atoms in total. The molecule has 0 radical (unpaired) electrons. The molecular weight excluding hydrogens is 1140 g/mol. The third kappa shape index (κ3) is 14.4. The molecule has 0 saturated carbocycles. The lowest BCUT2D eigenvalue weighted by molar-refractivity contribution is 0.148. The molecule has 1 aliphatic rings. The average molecular weight is 1230 g/mol. The van der Waals surface area contributed by atoms with Gasteiger partial charge in [0.2, 0.25) is 0 Å². The average Bonchev–Trinajstić information content (AvgIpc) is 1.78. The Labute approximate surface area is 526 Å². The van der Waals surface area contributed by atoms with Gasteiger partial charge in [-0.1, -0.05) is 332 Å². The zero-order valence-electron chi connectivity index (χ0n) is 53.8. The van der Waals surface area contributed by atoms with Crippen LogP contribution in [0.15, 0.2) is 254 Å². The van der Waals surface area contributed by atoms with Crippen molar-refractivity contribution in [3.63, 3.8) is 0 Å². The lowest BCUT2D eigenvalue weighted by Gasteiger charge is -2.44. The minimum Gasteiger partial charge on any atom is -0.407 e. The van der Waals surface area contributed by atoms with Gasteiger partial charge in [0, 0.05) is 19.6 Å². The van der Waals surface area contributed by atoms with Crippen LogP contribution in [0.3, 0.4) is 0 Å². The monoisotopic (exact) mass is 1230 g/mol. The summed E-state index contributed by atoms with van der Waals surface area (Å²) >= 11 is 0. The molecule has 0 unspecified atom stereocenters. The number of benzene rings is 8. The van der Waals surface area contributed by atoms with Crippen molar-refractivity contribution in [3.8, 4) is 0 Å². The van der Waals surface area contributed by atoms with E-state index < -0.39 is 38.9 Å². The molecule has 1 aliphatic heterocycles. The Bertz CT molecular complexity index is 3190.